The van der Waals surface area contributed by atoms with E-state index in [1.54, 1.807) is 12.1 Å². The van der Waals surface area contributed by atoms with E-state index >= 15 is 0 Å². The van der Waals surface area contributed by atoms with Crippen molar-refractivity contribution in [3.63, 3.8) is 0 Å². The zero-order valence-electron chi connectivity index (χ0n) is 14.8. The normalized spacial score (nSPS) is 10.2. The van der Waals surface area contributed by atoms with Gasteiger partial charge < -0.3 is 29.2 Å². The van der Waals surface area contributed by atoms with Gasteiger partial charge in [-0.1, -0.05) is 6.58 Å². The molecule has 6 heteroatoms. The van der Waals surface area contributed by atoms with Crippen LogP contribution in [0.1, 0.15) is 18.1 Å². The minimum absolute atomic E-state index is 0.257. The minimum atomic E-state index is -0.259. The SMILES string of the molecule is C=C(c1cc(OC)c(OC)c(OC)c1)c1cc(O)c(O)cc1OCC. The van der Waals surface area contributed by atoms with Crippen molar-refractivity contribution in [3.05, 3.63) is 42.0 Å². The first-order valence-corrected chi connectivity index (χ1v) is 7.65. The Hall–Kier alpha value is -3.02. The maximum atomic E-state index is 9.86. The lowest BCUT2D eigenvalue weighted by Crippen LogP contribution is -1.99. The molecule has 0 amide bonds. The van der Waals surface area contributed by atoms with Crippen LogP contribution >= 0.6 is 0 Å². The Morgan fingerprint density at radius 2 is 1.44 bits per heavy atom. The van der Waals surface area contributed by atoms with Crippen molar-refractivity contribution in [2.75, 3.05) is 27.9 Å². The average molecular weight is 346 g/mol. The van der Waals surface area contributed by atoms with E-state index in [1.807, 2.05) is 6.92 Å². The molecule has 2 N–H and O–H groups in total. The Kier molecular flexibility index (Phi) is 5.64. The number of rotatable bonds is 7. The van der Waals surface area contributed by atoms with Crippen molar-refractivity contribution in [2.45, 2.75) is 6.92 Å². The number of benzene rings is 2. The molecule has 0 atom stereocenters. The molecule has 0 spiro atoms. The van der Waals surface area contributed by atoms with Gasteiger partial charge in [0.25, 0.3) is 0 Å². The second-order valence-corrected chi connectivity index (χ2v) is 5.16. The molecular formula is C19H22O6. The summed E-state index contributed by atoms with van der Waals surface area (Å²) in [5.74, 6) is 1.34. The molecule has 0 fully saturated rings. The van der Waals surface area contributed by atoms with Crippen LogP contribution in [0.15, 0.2) is 30.8 Å². The monoisotopic (exact) mass is 346 g/mol. The molecule has 0 radical (unpaired) electrons. The Morgan fingerprint density at radius 1 is 0.880 bits per heavy atom. The fourth-order valence-electron chi connectivity index (χ4n) is 2.48. The first kappa shape index (κ1) is 18.3. The van der Waals surface area contributed by atoms with Crippen LogP contribution in [-0.2, 0) is 0 Å². The van der Waals surface area contributed by atoms with E-state index in [4.69, 9.17) is 18.9 Å². The first-order chi connectivity index (χ1) is 12.0. The quantitative estimate of drug-likeness (QED) is 0.746. The largest absolute Gasteiger partial charge is 0.504 e. The van der Waals surface area contributed by atoms with E-state index in [9.17, 15) is 10.2 Å². The Labute approximate surface area is 146 Å². The molecule has 25 heavy (non-hydrogen) atoms. The molecule has 134 valence electrons. The van der Waals surface area contributed by atoms with E-state index in [0.29, 0.717) is 46.3 Å². The van der Waals surface area contributed by atoms with Crippen LogP contribution in [0.2, 0.25) is 0 Å². The molecule has 0 heterocycles. The van der Waals surface area contributed by atoms with Gasteiger partial charge in [0.1, 0.15) is 5.75 Å². The van der Waals surface area contributed by atoms with Crippen LogP contribution < -0.4 is 18.9 Å². The van der Waals surface area contributed by atoms with E-state index in [1.165, 1.54) is 33.5 Å². The molecule has 0 aliphatic carbocycles. The van der Waals surface area contributed by atoms with Crippen molar-refractivity contribution in [3.8, 4) is 34.5 Å². The van der Waals surface area contributed by atoms with Gasteiger partial charge in [-0.3, -0.25) is 0 Å². The molecule has 0 unspecified atom stereocenters. The zero-order valence-corrected chi connectivity index (χ0v) is 14.8. The highest BCUT2D eigenvalue weighted by Crippen LogP contribution is 2.43. The molecule has 0 saturated carbocycles. The highest BCUT2D eigenvalue weighted by molar-refractivity contribution is 5.84. The Balaban J connectivity index is 2.59. The molecule has 2 aromatic rings. The lowest BCUT2D eigenvalue weighted by molar-refractivity contribution is 0.324. The molecule has 2 rings (SSSR count). The number of phenolic OH excluding ortho intramolecular Hbond substituents is 2. The first-order valence-electron chi connectivity index (χ1n) is 7.65. The van der Waals surface area contributed by atoms with E-state index in [-0.39, 0.29) is 11.5 Å². The van der Waals surface area contributed by atoms with Gasteiger partial charge in [-0.2, -0.15) is 0 Å². The van der Waals surface area contributed by atoms with Gasteiger partial charge in [0, 0.05) is 11.6 Å². The van der Waals surface area contributed by atoms with Crippen LogP contribution in [0, 0.1) is 0 Å². The molecule has 0 bridgehead atoms. The number of methoxy groups -OCH3 is 3. The number of hydrogen-bond donors (Lipinski definition) is 2. The van der Waals surface area contributed by atoms with Crippen molar-refractivity contribution >= 4 is 5.57 Å². The Morgan fingerprint density at radius 3 is 1.92 bits per heavy atom. The van der Waals surface area contributed by atoms with Gasteiger partial charge in [-0.05, 0) is 36.3 Å². The number of phenols is 2. The van der Waals surface area contributed by atoms with Crippen LogP contribution in [0.3, 0.4) is 0 Å². The molecule has 6 nitrogen and oxygen atoms in total. The predicted octanol–water partition coefficient (Wildman–Crippen LogP) is 3.58. The van der Waals surface area contributed by atoms with Crippen molar-refractivity contribution in [1.82, 2.24) is 0 Å². The zero-order chi connectivity index (χ0) is 18.6. The maximum absolute atomic E-state index is 9.86. The van der Waals surface area contributed by atoms with Crippen LogP contribution in [0.4, 0.5) is 0 Å². The summed E-state index contributed by atoms with van der Waals surface area (Å²) in [5, 5.41) is 19.6. The van der Waals surface area contributed by atoms with Crippen molar-refractivity contribution < 1.29 is 29.2 Å². The summed E-state index contributed by atoms with van der Waals surface area (Å²) in [6.07, 6.45) is 0. The number of hydrogen-bond acceptors (Lipinski definition) is 6. The standard InChI is InChI=1S/C19H22O6/c1-6-25-16-10-15(21)14(20)9-13(16)11(2)12-7-17(22-3)19(24-5)18(8-12)23-4/h7-10,20-21H,2,6H2,1,3-5H3. The summed E-state index contributed by atoms with van der Waals surface area (Å²) in [6, 6.07) is 6.27. The third-order valence-electron chi connectivity index (χ3n) is 3.71. The highest BCUT2D eigenvalue weighted by Gasteiger charge is 2.18. The molecule has 2 aromatic carbocycles. The summed E-state index contributed by atoms with van der Waals surface area (Å²) in [4.78, 5) is 0. The summed E-state index contributed by atoms with van der Waals surface area (Å²) in [5.41, 5.74) is 1.81. The average Bonchev–Trinajstić information content (AvgIpc) is 2.62. The molecule has 0 aliphatic heterocycles. The lowest BCUT2D eigenvalue weighted by Gasteiger charge is -2.17. The predicted molar refractivity (Wildman–Crippen MR) is 95.2 cm³/mol. The van der Waals surface area contributed by atoms with Crippen LogP contribution in [-0.4, -0.2) is 38.1 Å². The van der Waals surface area contributed by atoms with Crippen molar-refractivity contribution in [1.29, 1.82) is 0 Å². The van der Waals surface area contributed by atoms with Gasteiger partial charge >= 0.3 is 0 Å². The second-order valence-electron chi connectivity index (χ2n) is 5.16. The van der Waals surface area contributed by atoms with Gasteiger partial charge in [-0.15, -0.1) is 0 Å². The third-order valence-corrected chi connectivity index (χ3v) is 3.71. The summed E-state index contributed by atoms with van der Waals surface area (Å²) >= 11 is 0. The number of ether oxygens (including phenoxy) is 4. The molecule has 0 saturated heterocycles. The van der Waals surface area contributed by atoms with Gasteiger partial charge in [0.15, 0.2) is 23.0 Å². The fraction of sp³-hybridized carbons (Fsp3) is 0.263. The summed E-state index contributed by atoms with van der Waals surface area (Å²) in [7, 11) is 4.59. The second kappa shape index (κ2) is 7.70. The minimum Gasteiger partial charge on any atom is -0.504 e. The van der Waals surface area contributed by atoms with E-state index < -0.39 is 0 Å². The van der Waals surface area contributed by atoms with Crippen LogP contribution in [0.5, 0.6) is 34.5 Å². The third kappa shape index (κ3) is 3.57. The topological polar surface area (TPSA) is 77.4 Å². The summed E-state index contributed by atoms with van der Waals surface area (Å²) in [6.45, 7) is 6.32. The maximum Gasteiger partial charge on any atom is 0.203 e. The lowest BCUT2D eigenvalue weighted by atomic mass is 9.97. The van der Waals surface area contributed by atoms with E-state index in [0.717, 1.165) is 0 Å². The molecule has 0 aromatic heterocycles. The van der Waals surface area contributed by atoms with Crippen LogP contribution in [0.25, 0.3) is 5.57 Å². The molecule has 0 aliphatic rings. The fourth-order valence-corrected chi connectivity index (χ4v) is 2.48. The molecular weight excluding hydrogens is 324 g/mol. The highest BCUT2D eigenvalue weighted by atomic mass is 16.5. The smallest absolute Gasteiger partial charge is 0.203 e. The number of aromatic hydroxyl groups is 2. The Bertz CT molecular complexity index is 757. The van der Waals surface area contributed by atoms with Gasteiger partial charge in [0.2, 0.25) is 5.75 Å². The van der Waals surface area contributed by atoms with Gasteiger partial charge in [0.05, 0.1) is 27.9 Å². The van der Waals surface area contributed by atoms with Gasteiger partial charge in [-0.25, -0.2) is 0 Å². The summed E-state index contributed by atoms with van der Waals surface area (Å²) < 4.78 is 21.6. The van der Waals surface area contributed by atoms with Crippen molar-refractivity contribution in [2.24, 2.45) is 0 Å². The van der Waals surface area contributed by atoms with E-state index in [2.05, 4.69) is 6.58 Å².